The van der Waals surface area contributed by atoms with Crippen LogP contribution in [0, 0.1) is 0 Å². The quantitative estimate of drug-likeness (QED) is 0.796. The molecular formula is C12H13N3O2. The smallest absolute Gasteiger partial charge is 0.347 e. The average Bonchev–Trinajstić information content (AvgIpc) is 2.32. The van der Waals surface area contributed by atoms with Crippen LogP contribution in [0.5, 0.6) is 5.75 Å². The van der Waals surface area contributed by atoms with Gasteiger partial charge in [0.25, 0.3) is 0 Å². The first-order valence-corrected chi connectivity index (χ1v) is 5.14. The van der Waals surface area contributed by atoms with Gasteiger partial charge in [-0.05, 0) is 24.3 Å². The summed E-state index contributed by atoms with van der Waals surface area (Å²) in [6.45, 7) is 0.390. The number of ether oxygens (including phenoxy) is 1. The van der Waals surface area contributed by atoms with E-state index in [1.54, 1.807) is 37.6 Å². The molecule has 0 fully saturated rings. The normalized spacial score (nSPS) is 10.2. The molecule has 0 saturated carbocycles. The second kappa shape index (κ2) is 4.69. The van der Waals surface area contributed by atoms with Crippen LogP contribution in [0.1, 0.15) is 5.56 Å². The lowest BCUT2D eigenvalue weighted by Gasteiger charge is -2.10. The van der Waals surface area contributed by atoms with Gasteiger partial charge in [0.2, 0.25) is 0 Å². The lowest BCUT2D eigenvalue weighted by molar-refractivity contribution is 0.408. The maximum atomic E-state index is 11.5. The van der Waals surface area contributed by atoms with Crippen molar-refractivity contribution >= 4 is 5.69 Å². The number of anilines is 1. The van der Waals surface area contributed by atoms with Gasteiger partial charge >= 0.3 is 5.69 Å². The first-order chi connectivity index (χ1) is 8.20. The van der Waals surface area contributed by atoms with E-state index in [2.05, 4.69) is 4.98 Å². The van der Waals surface area contributed by atoms with Crippen LogP contribution in [0.15, 0.2) is 41.5 Å². The number of nitrogens with two attached hydrogens (primary N) is 1. The first-order valence-electron chi connectivity index (χ1n) is 5.14. The number of benzene rings is 1. The first kappa shape index (κ1) is 11.2. The zero-order valence-electron chi connectivity index (χ0n) is 9.46. The topological polar surface area (TPSA) is 70.1 Å². The van der Waals surface area contributed by atoms with Crippen molar-refractivity contribution in [3.05, 3.63) is 52.7 Å². The number of nitrogen functional groups attached to an aromatic ring is 1. The molecule has 88 valence electrons. The minimum absolute atomic E-state index is 0.294. The molecule has 2 rings (SSSR count). The molecule has 0 aliphatic carbocycles. The zero-order valence-corrected chi connectivity index (χ0v) is 9.46. The van der Waals surface area contributed by atoms with Crippen molar-refractivity contribution in [1.29, 1.82) is 0 Å². The Hall–Kier alpha value is -2.30. The van der Waals surface area contributed by atoms with Gasteiger partial charge in [-0.3, -0.25) is 4.57 Å². The highest BCUT2D eigenvalue weighted by molar-refractivity contribution is 5.47. The summed E-state index contributed by atoms with van der Waals surface area (Å²) in [4.78, 5) is 15.2. The van der Waals surface area contributed by atoms with Gasteiger partial charge in [0.05, 0.1) is 13.7 Å². The van der Waals surface area contributed by atoms with Crippen molar-refractivity contribution in [1.82, 2.24) is 9.55 Å². The third kappa shape index (κ3) is 2.44. The maximum absolute atomic E-state index is 11.5. The van der Waals surface area contributed by atoms with Crippen LogP contribution in [0.2, 0.25) is 0 Å². The molecule has 0 aliphatic rings. The summed E-state index contributed by atoms with van der Waals surface area (Å²) >= 11 is 0. The fourth-order valence-corrected chi connectivity index (χ4v) is 1.61. The Labute approximate surface area is 98.5 Å². The van der Waals surface area contributed by atoms with E-state index >= 15 is 0 Å². The number of rotatable bonds is 3. The number of hydrogen-bond donors (Lipinski definition) is 1. The van der Waals surface area contributed by atoms with Crippen molar-refractivity contribution in [3.8, 4) is 5.75 Å². The van der Waals surface area contributed by atoms with Gasteiger partial charge in [0.15, 0.2) is 0 Å². The molecule has 0 atom stereocenters. The molecule has 1 aromatic carbocycles. The summed E-state index contributed by atoms with van der Waals surface area (Å²) in [5, 5.41) is 0. The third-order valence-corrected chi connectivity index (χ3v) is 2.43. The highest BCUT2D eigenvalue weighted by atomic mass is 16.5. The van der Waals surface area contributed by atoms with Crippen molar-refractivity contribution < 1.29 is 4.74 Å². The zero-order chi connectivity index (χ0) is 12.3. The number of nitrogens with zero attached hydrogens (tertiary/aromatic N) is 2. The lowest BCUT2D eigenvalue weighted by Crippen LogP contribution is -2.22. The van der Waals surface area contributed by atoms with Crippen LogP contribution in [-0.4, -0.2) is 16.7 Å². The molecular weight excluding hydrogens is 218 g/mol. The monoisotopic (exact) mass is 231 g/mol. The Morgan fingerprint density at radius 2 is 2.29 bits per heavy atom. The van der Waals surface area contributed by atoms with Crippen LogP contribution < -0.4 is 16.2 Å². The van der Waals surface area contributed by atoms with Gasteiger partial charge in [0, 0.05) is 23.6 Å². The summed E-state index contributed by atoms with van der Waals surface area (Å²) in [7, 11) is 1.58. The summed E-state index contributed by atoms with van der Waals surface area (Å²) in [6, 6.07) is 7.04. The third-order valence-electron chi connectivity index (χ3n) is 2.43. The Morgan fingerprint density at radius 3 is 3.00 bits per heavy atom. The van der Waals surface area contributed by atoms with Gasteiger partial charge in [-0.1, -0.05) is 0 Å². The molecule has 0 aliphatic heterocycles. The van der Waals surface area contributed by atoms with Gasteiger partial charge < -0.3 is 10.5 Å². The van der Waals surface area contributed by atoms with Gasteiger partial charge in [0.1, 0.15) is 5.75 Å². The highest BCUT2D eigenvalue weighted by Crippen LogP contribution is 2.21. The van der Waals surface area contributed by atoms with E-state index in [-0.39, 0.29) is 5.69 Å². The Balaban J connectivity index is 2.39. The van der Waals surface area contributed by atoms with Crippen molar-refractivity contribution in [3.63, 3.8) is 0 Å². The Morgan fingerprint density at radius 1 is 1.47 bits per heavy atom. The van der Waals surface area contributed by atoms with E-state index in [1.807, 2.05) is 0 Å². The van der Waals surface area contributed by atoms with E-state index in [4.69, 9.17) is 10.5 Å². The summed E-state index contributed by atoms with van der Waals surface area (Å²) in [6.07, 6.45) is 3.15. The van der Waals surface area contributed by atoms with E-state index in [1.165, 1.54) is 10.8 Å². The van der Waals surface area contributed by atoms with E-state index in [9.17, 15) is 4.79 Å². The van der Waals surface area contributed by atoms with E-state index in [0.717, 1.165) is 5.56 Å². The molecule has 0 amide bonds. The van der Waals surface area contributed by atoms with Gasteiger partial charge in [-0.2, -0.15) is 0 Å². The Bertz CT molecular complexity index is 578. The van der Waals surface area contributed by atoms with Crippen LogP contribution in [-0.2, 0) is 6.54 Å². The molecule has 2 aromatic rings. The Kier molecular flexibility index (Phi) is 3.09. The van der Waals surface area contributed by atoms with Gasteiger partial charge in [-0.15, -0.1) is 0 Å². The molecule has 1 aromatic heterocycles. The molecule has 5 heteroatoms. The minimum atomic E-state index is -0.294. The lowest BCUT2D eigenvalue weighted by atomic mass is 10.1. The van der Waals surface area contributed by atoms with Crippen LogP contribution >= 0.6 is 0 Å². The number of aromatic nitrogens is 2. The van der Waals surface area contributed by atoms with Crippen LogP contribution in [0.4, 0.5) is 5.69 Å². The van der Waals surface area contributed by atoms with Crippen molar-refractivity contribution in [2.24, 2.45) is 0 Å². The molecule has 2 N–H and O–H groups in total. The molecule has 0 saturated heterocycles. The maximum Gasteiger partial charge on any atom is 0.347 e. The average molecular weight is 231 g/mol. The van der Waals surface area contributed by atoms with E-state index < -0.39 is 0 Å². The largest absolute Gasteiger partial charge is 0.496 e. The molecule has 0 spiro atoms. The molecule has 0 radical (unpaired) electrons. The fourth-order valence-electron chi connectivity index (χ4n) is 1.61. The highest BCUT2D eigenvalue weighted by Gasteiger charge is 2.05. The summed E-state index contributed by atoms with van der Waals surface area (Å²) < 4.78 is 6.72. The molecule has 0 unspecified atom stereocenters. The minimum Gasteiger partial charge on any atom is -0.496 e. The fraction of sp³-hybridized carbons (Fsp3) is 0.167. The van der Waals surface area contributed by atoms with Gasteiger partial charge in [-0.25, -0.2) is 9.78 Å². The second-order valence-corrected chi connectivity index (χ2v) is 3.60. The number of hydrogen-bond acceptors (Lipinski definition) is 4. The number of methoxy groups -OCH3 is 1. The second-order valence-electron chi connectivity index (χ2n) is 3.60. The predicted octanol–water partition coefficient (Wildman–Crippen LogP) is 0.882. The van der Waals surface area contributed by atoms with Crippen LogP contribution in [0.3, 0.4) is 0 Å². The predicted molar refractivity (Wildman–Crippen MR) is 65.0 cm³/mol. The molecule has 5 nitrogen and oxygen atoms in total. The SMILES string of the molecule is COc1ccc(N)cc1Cn1cccnc1=O. The van der Waals surface area contributed by atoms with Crippen LogP contribution in [0.25, 0.3) is 0 Å². The van der Waals surface area contributed by atoms with Crippen molar-refractivity contribution in [2.45, 2.75) is 6.54 Å². The standard InChI is InChI=1S/C12H13N3O2/c1-17-11-4-3-10(13)7-9(11)8-15-6-2-5-14-12(15)16/h2-7H,8,13H2,1H3. The van der Waals surface area contributed by atoms with Crippen molar-refractivity contribution in [2.75, 3.05) is 12.8 Å². The molecule has 17 heavy (non-hydrogen) atoms. The van der Waals surface area contributed by atoms with E-state index in [0.29, 0.717) is 18.0 Å². The molecule has 1 heterocycles. The summed E-state index contributed by atoms with van der Waals surface area (Å²) in [5.74, 6) is 0.704. The molecule has 0 bridgehead atoms. The summed E-state index contributed by atoms with van der Waals surface area (Å²) in [5.41, 5.74) is 6.91.